The number of carboxylic acids is 1. The van der Waals surface area contributed by atoms with Gasteiger partial charge in [-0.1, -0.05) is 12.1 Å². The van der Waals surface area contributed by atoms with E-state index in [0.717, 1.165) is 5.56 Å². The van der Waals surface area contributed by atoms with E-state index in [4.69, 9.17) is 5.11 Å². The SMILES string of the molecule is CSc1ccc([C@@H](C)NC(=O)N(C)CCC(=O)O)cc1. The molecule has 0 heterocycles. The Labute approximate surface area is 123 Å². The average Bonchev–Trinajstić information content (AvgIpc) is 2.44. The Morgan fingerprint density at radius 1 is 1.35 bits per heavy atom. The number of carbonyl (C=O) groups excluding carboxylic acids is 1. The Morgan fingerprint density at radius 2 is 1.95 bits per heavy atom. The Bertz CT molecular complexity index is 462. The molecule has 0 aromatic heterocycles. The van der Waals surface area contributed by atoms with Crippen LogP contribution in [0.2, 0.25) is 0 Å². The van der Waals surface area contributed by atoms with Gasteiger partial charge >= 0.3 is 12.0 Å². The van der Waals surface area contributed by atoms with Crippen LogP contribution in [0.15, 0.2) is 29.2 Å². The average molecular weight is 296 g/mol. The van der Waals surface area contributed by atoms with E-state index < -0.39 is 5.97 Å². The summed E-state index contributed by atoms with van der Waals surface area (Å²) in [5, 5.41) is 11.4. The molecule has 110 valence electrons. The van der Waals surface area contributed by atoms with E-state index in [9.17, 15) is 9.59 Å². The standard InChI is InChI=1S/C14H20N2O3S/c1-10(11-4-6-12(20-3)7-5-11)15-14(19)16(2)9-8-13(17)18/h4-7,10H,8-9H2,1-3H3,(H,15,19)(H,17,18)/t10-/m1/s1. The zero-order valence-corrected chi connectivity index (χ0v) is 12.7. The minimum atomic E-state index is -0.912. The summed E-state index contributed by atoms with van der Waals surface area (Å²) < 4.78 is 0. The fourth-order valence-electron chi connectivity index (χ4n) is 1.64. The van der Waals surface area contributed by atoms with Crippen molar-refractivity contribution in [1.82, 2.24) is 10.2 Å². The Morgan fingerprint density at radius 3 is 2.45 bits per heavy atom. The molecule has 1 atom stereocenters. The normalized spacial score (nSPS) is 11.8. The monoisotopic (exact) mass is 296 g/mol. The molecule has 1 rings (SSSR count). The second-order valence-electron chi connectivity index (χ2n) is 4.51. The molecule has 20 heavy (non-hydrogen) atoms. The number of nitrogens with zero attached hydrogens (tertiary/aromatic N) is 1. The summed E-state index contributed by atoms with van der Waals surface area (Å²) in [4.78, 5) is 24.9. The molecule has 6 heteroatoms. The maximum atomic E-state index is 11.9. The summed E-state index contributed by atoms with van der Waals surface area (Å²) in [6.07, 6.45) is 1.96. The first-order valence-corrected chi connectivity index (χ1v) is 7.54. The van der Waals surface area contributed by atoms with Crippen LogP contribution in [0.25, 0.3) is 0 Å². The summed E-state index contributed by atoms with van der Waals surface area (Å²) >= 11 is 1.67. The number of benzene rings is 1. The first-order valence-electron chi connectivity index (χ1n) is 6.31. The maximum absolute atomic E-state index is 11.9. The van der Waals surface area contributed by atoms with Crippen LogP contribution >= 0.6 is 11.8 Å². The topological polar surface area (TPSA) is 69.6 Å². The van der Waals surface area contributed by atoms with Crippen molar-refractivity contribution < 1.29 is 14.7 Å². The molecule has 5 nitrogen and oxygen atoms in total. The molecule has 0 saturated heterocycles. The molecule has 0 saturated carbocycles. The van der Waals surface area contributed by atoms with Crippen molar-refractivity contribution in [2.24, 2.45) is 0 Å². The second kappa shape index (κ2) is 7.79. The first kappa shape index (κ1) is 16.4. The molecule has 0 bridgehead atoms. The van der Waals surface area contributed by atoms with Crippen LogP contribution in [0.3, 0.4) is 0 Å². The van der Waals surface area contributed by atoms with Crippen molar-refractivity contribution in [1.29, 1.82) is 0 Å². The van der Waals surface area contributed by atoms with Crippen molar-refractivity contribution in [3.8, 4) is 0 Å². The van der Waals surface area contributed by atoms with Gasteiger partial charge in [-0.25, -0.2) is 4.79 Å². The molecule has 0 spiro atoms. The molecule has 1 aromatic carbocycles. The highest BCUT2D eigenvalue weighted by molar-refractivity contribution is 7.98. The van der Waals surface area contributed by atoms with Crippen molar-refractivity contribution in [2.75, 3.05) is 19.8 Å². The van der Waals surface area contributed by atoms with Gasteiger partial charge in [-0.05, 0) is 30.9 Å². The molecular formula is C14H20N2O3S. The van der Waals surface area contributed by atoms with Gasteiger partial charge in [-0.3, -0.25) is 4.79 Å². The van der Waals surface area contributed by atoms with Gasteiger partial charge in [0.2, 0.25) is 0 Å². The summed E-state index contributed by atoms with van der Waals surface area (Å²) in [6, 6.07) is 7.59. The van der Waals surface area contributed by atoms with Gasteiger partial charge in [0, 0.05) is 18.5 Å². The number of carboxylic acid groups (broad SMARTS) is 1. The van der Waals surface area contributed by atoms with Gasteiger partial charge in [-0.2, -0.15) is 0 Å². The highest BCUT2D eigenvalue weighted by Crippen LogP contribution is 2.18. The predicted molar refractivity (Wildman–Crippen MR) is 80.1 cm³/mol. The third kappa shape index (κ3) is 5.13. The van der Waals surface area contributed by atoms with E-state index in [0.29, 0.717) is 0 Å². The molecule has 1 aromatic rings. The van der Waals surface area contributed by atoms with Crippen LogP contribution in [0.1, 0.15) is 24.9 Å². The van der Waals surface area contributed by atoms with Gasteiger partial charge in [0.1, 0.15) is 0 Å². The smallest absolute Gasteiger partial charge is 0.317 e. The molecule has 2 N–H and O–H groups in total. The summed E-state index contributed by atoms with van der Waals surface area (Å²) in [6.45, 7) is 2.09. The molecule has 0 aliphatic heterocycles. The van der Waals surface area contributed by atoms with Gasteiger partial charge < -0.3 is 15.3 Å². The van der Waals surface area contributed by atoms with Crippen molar-refractivity contribution in [3.05, 3.63) is 29.8 Å². The number of rotatable bonds is 6. The van der Waals surface area contributed by atoms with Crippen molar-refractivity contribution in [3.63, 3.8) is 0 Å². The van der Waals surface area contributed by atoms with Crippen LogP contribution in [0.4, 0.5) is 4.79 Å². The third-order valence-electron chi connectivity index (χ3n) is 2.96. The van der Waals surface area contributed by atoms with Crippen LogP contribution in [0.5, 0.6) is 0 Å². The number of aliphatic carboxylic acids is 1. The molecule has 0 radical (unpaired) electrons. The number of hydrogen-bond donors (Lipinski definition) is 2. The zero-order valence-electron chi connectivity index (χ0n) is 11.9. The lowest BCUT2D eigenvalue weighted by Gasteiger charge is -2.21. The number of carbonyl (C=O) groups is 2. The largest absolute Gasteiger partial charge is 0.481 e. The van der Waals surface area contributed by atoms with Gasteiger partial charge in [0.15, 0.2) is 0 Å². The lowest BCUT2D eigenvalue weighted by Crippen LogP contribution is -2.39. The molecule has 0 aliphatic rings. The quantitative estimate of drug-likeness (QED) is 0.792. The minimum absolute atomic E-state index is 0.0548. The fraction of sp³-hybridized carbons (Fsp3) is 0.429. The summed E-state index contributed by atoms with van der Waals surface area (Å²) in [5.41, 5.74) is 1.02. The van der Waals surface area contributed by atoms with Crippen LogP contribution < -0.4 is 5.32 Å². The van der Waals surface area contributed by atoms with Crippen LogP contribution in [-0.4, -0.2) is 41.9 Å². The van der Waals surface area contributed by atoms with Gasteiger partial charge in [-0.15, -0.1) is 11.8 Å². The number of nitrogens with one attached hydrogen (secondary N) is 1. The lowest BCUT2D eigenvalue weighted by atomic mass is 10.1. The highest BCUT2D eigenvalue weighted by atomic mass is 32.2. The van der Waals surface area contributed by atoms with Crippen molar-refractivity contribution in [2.45, 2.75) is 24.3 Å². The Hall–Kier alpha value is -1.69. The van der Waals surface area contributed by atoms with Crippen LogP contribution in [-0.2, 0) is 4.79 Å². The Kier molecular flexibility index (Phi) is 6.38. The minimum Gasteiger partial charge on any atom is -0.481 e. The van der Waals surface area contributed by atoms with E-state index in [1.54, 1.807) is 18.8 Å². The number of thioether (sulfide) groups is 1. The summed E-state index contributed by atoms with van der Waals surface area (Å²) in [5.74, 6) is -0.912. The number of urea groups is 1. The second-order valence-corrected chi connectivity index (χ2v) is 5.39. The van der Waals surface area contributed by atoms with E-state index in [1.807, 2.05) is 37.4 Å². The molecule has 0 unspecified atom stereocenters. The van der Waals surface area contributed by atoms with E-state index in [1.165, 1.54) is 9.80 Å². The van der Waals surface area contributed by atoms with Gasteiger partial charge in [0.05, 0.1) is 12.5 Å². The molecular weight excluding hydrogens is 276 g/mol. The van der Waals surface area contributed by atoms with E-state index >= 15 is 0 Å². The number of hydrogen-bond acceptors (Lipinski definition) is 3. The third-order valence-corrected chi connectivity index (χ3v) is 3.71. The highest BCUT2D eigenvalue weighted by Gasteiger charge is 2.14. The van der Waals surface area contributed by atoms with Crippen LogP contribution in [0, 0.1) is 0 Å². The van der Waals surface area contributed by atoms with Gasteiger partial charge in [0.25, 0.3) is 0 Å². The van der Waals surface area contributed by atoms with E-state index in [2.05, 4.69) is 5.32 Å². The zero-order chi connectivity index (χ0) is 15.1. The van der Waals surface area contributed by atoms with Crippen molar-refractivity contribution >= 4 is 23.8 Å². The number of amides is 2. The summed E-state index contributed by atoms with van der Waals surface area (Å²) in [7, 11) is 1.59. The first-order chi connectivity index (χ1) is 9.43. The van der Waals surface area contributed by atoms with E-state index in [-0.39, 0.29) is 25.0 Å². The maximum Gasteiger partial charge on any atom is 0.317 e. The lowest BCUT2D eigenvalue weighted by molar-refractivity contribution is -0.137. The molecule has 0 aliphatic carbocycles. The fourth-order valence-corrected chi connectivity index (χ4v) is 2.04. The molecule has 2 amide bonds. The molecule has 0 fully saturated rings. The Balaban J connectivity index is 2.53. The predicted octanol–water partition coefficient (Wildman–Crippen LogP) is 2.59.